The minimum atomic E-state index is -0.192. The van der Waals surface area contributed by atoms with Gasteiger partial charge in [-0.3, -0.25) is 4.90 Å². The first-order valence-corrected chi connectivity index (χ1v) is 7.23. The molecule has 0 unspecified atom stereocenters. The lowest BCUT2D eigenvalue weighted by Gasteiger charge is -2.12. The van der Waals surface area contributed by atoms with E-state index in [0.717, 1.165) is 31.1 Å². The van der Waals surface area contributed by atoms with Crippen molar-refractivity contribution in [3.63, 3.8) is 0 Å². The first-order chi connectivity index (χ1) is 10.3. The highest BCUT2D eigenvalue weighted by molar-refractivity contribution is 5.79. The fourth-order valence-electron chi connectivity index (χ4n) is 2.69. The minimum absolute atomic E-state index is 0.192. The molecule has 1 aromatic rings. The number of ether oxygens (including phenoxy) is 2. The molecule has 1 saturated heterocycles. The van der Waals surface area contributed by atoms with Crippen molar-refractivity contribution >= 4 is 5.90 Å². The number of aliphatic imine (C=N–C) groups is 1. The molecule has 0 aliphatic carbocycles. The molecule has 114 valence electrons. The second-order valence-corrected chi connectivity index (χ2v) is 5.24. The Bertz CT molecular complexity index is 527. The number of nitrogens with zero attached hydrogens (tertiary/aromatic N) is 2. The summed E-state index contributed by atoms with van der Waals surface area (Å²) >= 11 is 0. The Morgan fingerprint density at radius 3 is 2.71 bits per heavy atom. The van der Waals surface area contributed by atoms with E-state index >= 15 is 0 Å². The Balaban J connectivity index is 1.71. The van der Waals surface area contributed by atoms with Crippen molar-refractivity contribution in [2.24, 2.45) is 4.99 Å². The zero-order valence-corrected chi connectivity index (χ0v) is 12.5. The van der Waals surface area contributed by atoms with Gasteiger partial charge in [0.05, 0.1) is 20.8 Å². The Labute approximate surface area is 124 Å². The van der Waals surface area contributed by atoms with E-state index in [0.29, 0.717) is 11.5 Å². The third-order valence-corrected chi connectivity index (χ3v) is 3.84. The van der Waals surface area contributed by atoms with Crippen molar-refractivity contribution in [3.8, 4) is 11.5 Å². The Hall–Kier alpha value is -1.79. The maximum absolute atomic E-state index is 5.50. The van der Waals surface area contributed by atoms with Crippen LogP contribution in [0.3, 0.4) is 0 Å². The summed E-state index contributed by atoms with van der Waals surface area (Å²) in [6, 6.07) is 5.76. The molecule has 2 aliphatic heterocycles. The third kappa shape index (κ3) is 3.11. The van der Waals surface area contributed by atoms with E-state index in [1.807, 2.05) is 18.2 Å². The Kier molecular flexibility index (Phi) is 4.26. The molecule has 2 heterocycles. The summed E-state index contributed by atoms with van der Waals surface area (Å²) in [6.45, 7) is 3.03. The first kappa shape index (κ1) is 14.2. The highest BCUT2D eigenvalue weighted by Gasteiger charge is 2.24. The summed E-state index contributed by atoms with van der Waals surface area (Å²) in [5.74, 6) is 2.15. The predicted molar refractivity (Wildman–Crippen MR) is 79.6 cm³/mol. The lowest BCUT2D eigenvalue weighted by Crippen LogP contribution is -2.28. The molecule has 0 amide bonds. The molecule has 6 nitrogen and oxygen atoms in total. The van der Waals surface area contributed by atoms with Crippen molar-refractivity contribution in [1.29, 1.82) is 0 Å². The van der Waals surface area contributed by atoms with Gasteiger partial charge in [0.1, 0.15) is 0 Å². The van der Waals surface area contributed by atoms with E-state index in [4.69, 9.17) is 14.3 Å². The lowest BCUT2D eigenvalue weighted by molar-refractivity contribution is 0.169. The van der Waals surface area contributed by atoms with Gasteiger partial charge in [-0.1, -0.05) is 6.07 Å². The number of hydrogen-bond donors (Lipinski definition) is 1. The fraction of sp³-hybridized carbons (Fsp3) is 0.533. The second-order valence-electron chi connectivity index (χ2n) is 5.24. The molecule has 0 bridgehead atoms. The van der Waals surface area contributed by atoms with Crippen LogP contribution in [0.1, 0.15) is 24.6 Å². The Morgan fingerprint density at radius 1 is 1.24 bits per heavy atom. The number of benzene rings is 1. The van der Waals surface area contributed by atoms with Gasteiger partial charge in [-0.25, -0.2) is 4.99 Å². The molecular formula is C15H21N3O3. The van der Waals surface area contributed by atoms with E-state index in [2.05, 4.69) is 15.4 Å². The number of methoxy groups -OCH3 is 2. The van der Waals surface area contributed by atoms with Crippen LogP contribution in [0, 0.1) is 0 Å². The summed E-state index contributed by atoms with van der Waals surface area (Å²) < 4.78 is 10.6. The van der Waals surface area contributed by atoms with Crippen LogP contribution in [-0.4, -0.2) is 44.7 Å². The number of likely N-dealkylation sites (tertiary alicyclic amines) is 1. The number of rotatable bonds is 5. The van der Waals surface area contributed by atoms with Crippen molar-refractivity contribution < 1.29 is 14.3 Å². The molecule has 0 saturated carbocycles. The monoisotopic (exact) mass is 291 g/mol. The molecule has 0 spiro atoms. The van der Waals surface area contributed by atoms with E-state index in [9.17, 15) is 0 Å². The van der Waals surface area contributed by atoms with Gasteiger partial charge in [0.2, 0.25) is 5.90 Å². The summed E-state index contributed by atoms with van der Waals surface area (Å²) in [5.41, 5.74) is 3.95. The molecule has 0 aromatic heterocycles. The van der Waals surface area contributed by atoms with Gasteiger partial charge in [0.15, 0.2) is 17.7 Å². The summed E-state index contributed by atoms with van der Waals surface area (Å²) in [4.78, 5) is 12.5. The largest absolute Gasteiger partial charge is 0.493 e. The van der Waals surface area contributed by atoms with Crippen LogP contribution >= 0.6 is 0 Å². The molecule has 0 radical (unpaired) electrons. The van der Waals surface area contributed by atoms with E-state index in [-0.39, 0.29) is 6.17 Å². The van der Waals surface area contributed by atoms with Gasteiger partial charge in [0.25, 0.3) is 0 Å². The molecular weight excluding hydrogens is 270 g/mol. The number of hydrogen-bond acceptors (Lipinski definition) is 6. The van der Waals surface area contributed by atoms with Crippen LogP contribution in [0.2, 0.25) is 0 Å². The van der Waals surface area contributed by atoms with Crippen molar-refractivity contribution in [2.75, 3.05) is 33.9 Å². The summed E-state index contributed by atoms with van der Waals surface area (Å²) in [6.07, 6.45) is 2.34. The van der Waals surface area contributed by atoms with Crippen LogP contribution in [0.4, 0.5) is 0 Å². The van der Waals surface area contributed by atoms with Crippen LogP contribution in [-0.2, 0) is 4.84 Å². The average Bonchev–Trinajstić information content (AvgIpc) is 3.19. The topological polar surface area (TPSA) is 55.3 Å². The molecule has 21 heavy (non-hydrogen) atoms. The normalized spacial score (nSPS) is 22.0. The van der Waals surface area contributed by atoms with E-state index < -0.39 is 0 Å². The van der Waals surface area contributed by atoms with Crippen LogP contribution < -0.4 is 15.0 Å². The van der Waals surface area contributed by atoms with E-state index in [1.54, 1.807) is 14.2 Å². The van der Waals surface area contributed by atoms with E-state index in [1.165, 1.54) is 12.8 Å². The van der Waals surface area contributed by atoms with Crippen LogP contribution in [0.15, 0.2) is 23.2 Å². The lowest BCUT2D eigenvalue weighted by atomic mass is 10.1. The SMILES string of the molecule is COc1ccc([C@@H]2N=C(CN3CCCC3)ON2)cc1OC. The summed E-state index contributed by atoms with van der Waals surface area (Å²) in [7, 11) is 3.25. The highest BCUT2D eigenvalue weighted by Crippen LogP contribution is 2.31. The third-order valence-electron chi connectivity index (χ3n) is 3.84. The van der Waals surface area contributed by atoms with Crippen molar-refractivity contribution in [3.05, 3.63) is 23.8 Å². The Morgan fingerprint density at radius 2 is 2.00 bits per heavy atom. The summed E-state index contributed by atoms with van der Waals surface area (Å²) in [5, 5.41) is 0. The minimum Gasteiger partial charge on any atom is -0.493 e. The molecule has 2 aliphatic rings. The molecule has 6 heteroatoms. The highest BCUT2D eigenvalue weighted by atomic mass is 16.7. The molecule has 1 atom stereocenters. The van der Waals surface area contributed by atoms with Crippen molar-refractivity contribution in [2.45, 2.75) is 19.0 Å². The fourth-order valence-corrected chi connectivity index (χ4v) is 2.69. The number of nitrogens with one attached hydrogen (secondary N) is 1. The molecule has 1 aromatic carbocycles. The van der Waals surface area contributed by atoms with Gasteiger partial charge in [-0.05, 0) is 43.6 Å². The van der Waals surface area contributed by atoms with Gasteiger partial charge in [-0.2, -0.15) is 0 Å². The maximum Gasteiger partial charge on any atom is 0.225 e. The maximum atomic E-state index is 5.50. The zero-order valence-electron chi connectivity index (χ0n) is 12.5. The van der Waals surface area contributed by atoms with Gasteiger partial charge in [-0.15, -0.1) is 5.48 Å². The van der Waals surface area contributed by atoms with Crippen LogP contribution in [0.25, 0.3) is 0 Å². The number of hydroxylamine groups is 1. The van der Waals surface area contributed by atoms with Gasteiger partial charge in [0, 0.05) is 0 Å². The predicted octanol–water partition coefficient (Wildman–Crippen LogP) is 1.73. The quantitative estimate of drug-likeness (QED) is 0.895. The first-order valence-electron chi connectivity index (χ1n) is 7.23. The smallest absolute Gasteiger partial charge is 0.225 e. The molecule has 3 rings (SSSR count). The van der Waals surface area contributed by atoms with Gasteiger partial charge < -0.3 is 14.3 Å². The molecule has 1 fully saturated rings. The average molecular weight is 291 g/mol. The van der Waals surface area contributed by atoms with Gasteiger partial charge >= 0.3 is 0 Å². The standard InChI is InChI=1S/C15H21N3O3/c1-19-12-6-5-11(9-13(12)20-2)15-16-14(21-17-15)10-18-7-3-4-8-18/h5-6,9,15,17H,3-4,7-8,10H2,1-2H3/t15-/m1/s1. The molecule has 1 N–H and O–H groups in total. The zero-order chi connectivity index (χ0) is 14.7. The van der Waals surface area contributed by atoms with Crippen molar-refractivity contribution in [1.82, 2.24) is 10.4 Å². The van der Waals surface area contributed by atoms with Crippen LogP contribution in [0.5, 0.6) is 11.5 Å². The second kappa shape index (κ2) is 6.32.